The van der Waals surface area contributed by atoms with Crippen LogP contribution in [0.2, 0.25) is 0 Å². The summed E-state index contributed by atoms with van der Waals surface area (Å²) in [5.74, 6) is 0.114. The number of aliphatic hydroxyl groups is 1. The van der Waals surface area contributed by atoms with Gasteiger partial charge < -0.3 is 24.6 Å². The van der Waals surface area contributed by atoms with E-state index in [9.17, 15) is 14.5 Å². The predicted molar refractivity (Wildman–Crippen MR) is 69.4 cm³/mol. The summed E-state index contributed by atoms with van der Waals surface area (Å²) in [6.45, 7) is -0.0829. The lowest BCUT2D eigenvalue weighted by molar-refractivity contribution is -0.0415. The molecule has 0 aliphatic carbocycles. The molecule has 2 unspecified atom stereocenters. The van der Waals surface area contributed by atoms with Crippen molar-refractivity contribution in [3.05, 3.63) is 22.7 Å². The molecule has 10 heteroatoms. The first-order valence-corrected chi connectivity index (χ1v) is 7.12. The number of rotatable bonds is 5. The van der Waals surface area contributed by atoms with Gasteiger partial charge in [-0.25, -0.2) is 4.79 Å². The molecule has 112 valence electrons. The monoisotopic (exact) mass is 305 g/mol. The Balaban J connectivity index is 2.02. The Morgan fingerprint density at radius 2 is 2.45 bits per heavy atom. The van der Waals surface area contributed by atoms with Gasteiger partial charge in [-0.3, -0.25) is 9.13 Å². The number of ether oxygens (including phenoxy) is 1. The van der Waals surface area contributed by atoms with Crippen LogP contribution in [0.1, 0.15) is 12.6 Å². The summed E-state index contributed by atoms with van der Waals surface area (Å²) in [6.07, 6.45) is -0.537. The molecule has 1 fully saturated rings. The van der Waals surface area contributed by atoms with E-state index in [2.05, 4.69) is 9.51 Å². The Kier molecular flexibility index (Phi) is 4.90. The summed E-state index contributed by atoms with van der Waals surface area (Å²) in [4.78, 5) is 15.2. The zero-order valence-corrected chi connectivity index (χ0v) is 11.8. The second kappa shape index (κ2) is 6.47. The van der Waals surface area contributed by atoms with Crippen LogP contribution in [0.5, 0.6) is 0 Å². The Bertz CT molecular complexity index is 550. The second-order valence-electron chi connectivity index (χ2n) is 4.24. The number of nitrogen functional groups attached to an aromatic ring is 1. The SMILES string of the molecule is CO[PH](=O)OC[C@H]1O[C@@H](n2ccc(N)nc2=O)CC1O. The second-order valence-corrected chi connectivity index (χ2v) is 5.44. The summed E-state index contributed by atoms with van der Waals surface area (Å²) in [5, 5.41) is 9.85. The number of anilines is 1. The van der Waals surface area contributed by atoms with Crippen LogP contribution in [0.25, 0.3) is 0 Å². The lowest BCUT2D eigenvalue weighted by Gasteiger charge is -2.15. The van der Waals surface area contributed by atoms with Crippen LogP contribution < -0.4 is 11.4 Å². The smallest absolute Gasteiger partial charge is 0.351 e. The third-order valence-corrected chi connectivity index (χ3v) is 3.63. The number of aromatic nitrogens is 2. The van der Waals surface area contributed by atoms with Gasteiger partial charge in [0.15, 0.2) is 0 Å². The van der Waals surface area contributed by atoms with Crippen LogP contribution in [0.15, 0.2) is 17.1 Å². The average Bonchev–Trinajstić information content (AvgIpc) is 2.77. The molecule has 2 heterocycles. The molecule has 3 N–H and O–H groups in total. The van der Waals surface area contributed by atoms with E-state index in [0.29, 0.717) is 0 Å². The van der Waals surface area contributed by atoms with Crippen molar-refractivity contribution in [2.24, 2.45) is 0 Å². The summed E-state index contributed by atoms with van der Waals surface area (Å²) >= 11 is 0. The van der Waals surface area contributed by atoms with E-state index in [1.165, 1.54) is 23.9 Å². The first-order chi connectivity index (χ1) is 9.51. The van der Waals surface area contributed by atoms with Gasteiger partial charge in [-0.15, -0.1) is 0 Å². The molecule has 0 aromatic carbocycles. The molecule has 0 saturated carbocycles. The molecule has 4 atom stereocenters. The Morgan fingerprint density at radius 1 is 1.70 bits per heavy atom. The number of aliphatic hydroxyl groups excluding tert-OH is 1. The first-order valence-electron chi connectivity index (χ1n) is 5.90. The van der Waals surface area contributed by atoms with E-state index < -0.39 is 32.4 Å². The van der Waals surface area contributed by atoms with E-state index in [1.54, 1.807) is 0 Å². The van der Waals surface area contributed by atoms with Crippen LogP contribution in [0.4, 0.5) is 5.82 Å². The Labute approximate surface area is 115 Å². The maximum absolute atomic E-state index is 11.7. The van der Waals surface area contributed by atoms with Gasteiger partial charge >= 0.3 is 13.9 Å². The van der Waals surface area contributed by atoms with Crippen LogP contribution in [-0.4, -0.2) is 40.6 Å². The highest BCUT2D eigenvalue weighted by Gasteiger charge is 2.35. The molecule has 1 aromatic rings. The fourth-order valence-corrected chi connectivity index (χ4v) is 2.31. The van der Waals surface area contributed by atoms with Crippen LogP contribution in [-0.2, 0) is 18.3 Å². The maximum Gasteiger partial charge on any atom is 0.351 e. The van der Waals surface area contributed by atoms with Crippen LogP contribution in [0, 0.1) is 0 Å². The van der Waals surface area contributed by atoms with Crippen molar-refractivity contribution < 1.29 is 23.5 Å². The van der Waals surface area contributed by atoms with E-state index in [0.717, 1.165) is 0 Å². The van der Waals surface area contributed by atoms with Crippen molar-refractivity contribution in [3.8, 4) is 0 Å². The van der Waals surface area contributed by atoms with Gasteiger partial charge in [0.05, 0.1) is 12.7 Å². The molecule has 1 aromatic heterocycles. The number of hydrogen-bond donors (Lipinski definition) is 2. The molecule has 20 heavy (non-hydrogen) atoms. The largest absolute Gasteiger partial charge is 0.390 e. The summed E-state index contributed by atoms with van der Waals surface area (Å²) in [7, 11) is -1.31. The summed E-state index contributed by atoms with van der Waals surface area (Å²) < 4.78 is 27.2. The van der Waals surface area contributed by atoms with Gasteiger partial charge in [-0.05, 0) is 6.07 Å². The third kappa shape index (κ3) is 3.44. The van der Waals surface area contributed by atoms with Gasteiger partial charge in [0.25, 0.3) is 0 Å². The highest BCUT2D eigenvalue weighted by atomic mass is 31.1. The molecule has 0 amide bonds. The van der Waals surface area contributed by atoms with Gasteiger partial charge in [0, 0.05) is 19.7 Å². The minimum Gasteiger partial charge on any atom is -0.390 e. The van der Waals surface area contributed by atoms with Gasteiger partial charge in [0.2, 0.25) is 0 Å². The van der Waals surface area contributed by atoms with Crippen molar-refractivity contribution in [1.29, 1.82) is 0 Å². The first kappa shape index (κ1) is 15.1. The molecule has 0 spiro atoms. The minimum atomic E-state index is -2.57. The quantitative estimate of drug-likeness (QED) is 0.699. The number of nitrogens with two attached hydrogens (primary N) is 1. The maximum atomic E-state index is 11.7. The molecule has 0 radical (unpaired) electrons. The lowest BCUT2D eigenvalue weighted by atomic mass is 10.2. The Morgan fingerprint density at radius 3 is 3.10 bits per heavy atom. The molecule has 1 aliphatic rings. The van der Waals surface area contributed by atoms with Crippen molar-refractivity contribution >= 4 is 14.1 Å². The molecule has 9 nitrogen and oxygen atoms in total. The lowest BCUT2D eigenvalue weighted by Crippen LogP contribution is -2.28. The van der Waals surface area contributed by atoms with Gasteiger partial charge in [-0.1, -0.05) is 0 Å². The minimum absolute atomic E-state index is 0.0829. The van der Waals surface area contributed by atoms with Crippen LogP contribution >= 0.6 is 8.25 Å². The zero-order valence-electron chi connectivity index (χ0n) is 10.8. The van der Waals surface area contributed by atoms with Crippen molar-refractivity contribution in [1.82, 2.24) is 9.55 Å². The Hall–Kier alpha value is -1.25. The molecule has 0 bridgehead atoms. The molecule has 2 rings (SSSR count). The summed E-state index contributed by atoms with van der Waals surface area (Å²) in [5.41, 5.74) is 4.84. The van der Waals surface area contributed by atoms with E-state index in [-0.39, 0.29) is 18.8 Å². The molecule has 1 aliphatic heterocycles. The fraction of sp³-hybridized carbons (Fsp3) is 0.600. The average molecular weight is 305 g/mol. The predicted octanol–water partition coefficient (Wildman–Crippen LogP) is -0.473. The number of hydrogen-bond acceptors (Lipinski definition) is 8. The standard InChI is InChI=1S/C10H16N3O6P/c1-17-20(16)18-5-7-6(14)4-9(19-7)13-3-2-8(11)12-10(13)15/h2-3,6-7,9,14,20H,4-5H2,1H3,(H2,11,12,15)/t6?,7-,9-/m1/s1. The van der Waals surface area contributed by atoms with E-state index in [4.69, 9.17) is 15.0 Å². The van der Waals surface area contributed by atoms with Crippen molar-refractivity contribution in [3.63, 3.8) is 0 Å². The fourth-order valence-electron chi connectivity index (χ4n) is 1.89. The normalized spacial score (nSPS) is 27.6. The summed E-state index contributed by atoms with van der Waals surface area (Å²) in [6, 6.07) is 1.46. The van der Waals surface area contributed by atoms with Crippen molar-refractivity contribution in [2.45, 2.75) is 24.9 Å². The number of nitrogens with zero attached hydrogens (tertiary/aromatic N) is 2. The highest BCUT2D eigenvalue weighted by Crippen LogP contribution is 2.30. The highest BCUT2D eigenvalue weighted by molar-refractivity contribution is 7.33. The molecular weight excluding hydrogens is 289 g/mol. The third-order valence-electron chi connectivity index (χ3n) is 2.90. The molecular formula is C10H16N3O6P. The van der Waals surface area contributed by atoms with Gasteiger partial charge in [0.1, 0.15) is 18.1 Å². The van der Waals surface area contributed by atoms with Gasteiger partial charge in [-0.2, -0.15) is 4.98 Å². The zero-order chi connectivity index (χ0) is 14.7. The van der Waals surface area contributed by atoms with E-state index in [1.807, 2.05) is 0 Å². The van der Waals surface area contributed by atoms with E-state index >= 15 is 0 Å². The van der Waals surface area contributed by atoms with Crippen molar-refractivity contribution in [2.75, 3.05) is 19.5 Å². The molecule has 1 saturated heterocycles. The van der Waals surface area contributed by atoms with Crippen LogP contribution in [0.3, 0.4) is 0 Å². The topological polar surface area (TPSA) is 126 Å².